The van der Waals surface area contributed by atoms with Crippen molar-refractivity contribution in [1.29, 1.82) is 0 Å². The number of carbonyl (C=O) groups excluding carboxylic acids is 3. The Morgan fingerprint density at radius 3 is 2.46 bits per heavy atom. The van der Waals surface area contributed by atoms with E-state index in [1.165, 1.54) is 17.0 Å². The van der Waals surface area contributed by atoms with Crippen molar-refractivity contribution in [2.45, 2.75) is 13.8 Å². The molecule has 0 aromatic heterocycles. The summed E-state index contributed by atoms with van der Waals surface area (Å²) in [4.78, 5) is 37.7. The molecular weight excluding hydrogens is 387 g/mol. The van der Waals surface area contributed by atoms with Crippen LogP contribution in [0.1, 0.15) is 22.8 Å². The molecule has 0 saturated carbocycles. The molecular formula is C20H20ClFN2O4. The average molecular weight is 407 g/mol. The third-order valence-corrected chi connectivity index (χ3v) is 4.18. The molecule has 2 amide bonds. The van der Waals surface area contributed by atoms with Crippen LogP contribution < -0.4 is 5.32 Å². The molecule has 0 spiro atoms. The predicted octanol–water partition coefficient (Wildman–Crippen LogP) is 3.43. The van der Waals surface area contributed by atoms with Crippen LogP contribution in [0.25, 0.3) is 0 Å². The van der Waals surface area contributed by atoms with Crippen molar-refractivity contribution >= 4 is 35.1 Å². The molecule has 0 heterocycles. The lowest BCUT2D eigenvalue weighted by Crippen LogP contribution is -2.40. The highest BCUT2D eigenvalue weighted by atomic mass is 35.5. The number of esters is 1. The maximum Gasteiger partial charge on any atom is 0.338 e. The van der Waals surface area contributed by atoms with Crippen molar-refractivity contribution in [2.75, 3.05) is 25.0 Å². The Labute approximate surface area is 167 Å². The van der Waals surface area contributed by atoms with Crippen LogP contribution in [0.4, 0.5) is 10.1 Å². The molecule has 1 N–H and O–H groups in total. The molecule has 148 valence electrons. The third-order valence-electron chi connectivity index (χ3n) is 3.95. The van der Waals surface area contributed by atoms with E-state index in [1.54, 1.807) is 25.1 Å². The minimum Gasteiger partial charge on any atom is -0.452 e. The predicted molar refractivity (Wildman–Crippen MR) is 104 cm³/mol. The van der Waals surface area contributed by atoms with E-state index >= 15 is 0 Å². The van der Waals surface area contributed by atoms with Crippen molar-refractivity contribution in [3.05, 3.63) is 64.4 Å². The fraction of sp³-hybridized carbons (Fsp3) is 0.250. The van der Waals surface area contributed by atoms with Crippen LogP contribution in [0.5, 0.6) is 0 Å². The van der Waals surface area contributed by atoms with Crippen LogP contribution in [0.15, 0.2) is 42.5 Å². The lowest BCUT2D eigenvalue weighted by atomic mass is 10.2. The summed E-state index contributed by atoms with van der Waals surface area (Å²) in [7, 11) is 0. The number of benzene rings is 2. The molecule has 2 aromatic rings. The van der Waals surface area contributed by atoms with Crippen LogP contribution in [-0.4, -0.2) is 42.4 Å². The van der Waals surface area contributed by atoms with Crippen molar-refractivity contribution in [2.24, 2.45) is 0 Å². The second-order valence-electron chi connectivity index (χ2n) is 6.00. The fourth-order valence-corrected chi connectivity index (χ4v) is 2.53. The molecule has 0 radical (unpaired) electrons. The molecule has 0 bridgehead atoms. The minimum absolute atomic E-state index is 0.131. The second kappa shape index (κ2) is 9.85. The number of nitrogens with one attached hydrogen (secondary N) is 1. The zero-order valence-electron chi connectivity index (χ0n) is 15.5. The van der Waals surface area contributed by atoms with Crippen LogP contribution in [0.3, 0.4) is 0 Å². The molecule has 8 heteroatoms. The maximum absolute atomic E-state index is 12.9. The number of carbonyl (C=O) groups is 3. The van der Waals surface area contributed by atoms with E-state index in [0.717, 1.165) is 17.7 Å². The van der Waals surface area contributed by atoms with Gasteiger partial charge in [0.15, 0.2) is 6.61 Å². The van der Waals surface area contributed by atoms with Gasteiger partial charge in [-0.25, -0.2) is 9.18 Å². The third kappa shape index (κ3) is 6.06. The van der Waals surface area contributed by atoms with Crippen molar-refractivity contribution < 1.29 is 23.5 Å². The van der Waals surface area contributed by atoms with E-state index in [-0.39, 0.29) is 18.7 Å². The first-order valence-electron chi connectivity index (χ1n) is 8.56. The molecule has 28 heavy (non-hydrogen) atoms. The highest BCUT2D eigenvalue weighted by Gasteiger charge is 2.18. The fourth-order valence-electron chi connectivity index (χ4n) is 2.36. The Bertz CT molecular complexity index is 871. The van der Waals surface area contributed by atoms with Gasteiger partial charge >= 0.3 is 5.97 Å². The van der Waals surface area contributed by atoms with Crippen LogP contribution in [0.2, 0.25) is 5.02 Å². The molecule has 0 unspecified atom stereocenters. The lowest BCUT2D eigenvalue weighted by Gasteiger charge is -2.20. The molecule has 2 aromatic carbocycles. The van der Waals surface area contributed by atoms with Gasteiger partial charge in [-0.05, 0) is 55.8 Å². The molecule has 0 atom stereocenters. The van der Waals surface area contributed by atoms with E-state index in [9.17, 15) is 18.8 Å². The highest BCUT2D eigenvalue weighted by Crippen LogP contribution is 2.20. The zero-order chi connectivity index (χ0) is 20.7. The standard InChI is InChI=1S/C20H20ClFN2O4/c1-3-24(11-18(25)23-17-10-15(21)7-4-13(17)2)19(26)12-28-20(27)14-5-8-16(22)9-6-14/h4-10H,3,11-12H2,1-2H3,(H,23,25). The van der Waals surface area contributed by atoms with E-state index < -0.39 is 30.2 Å². The Morgan fingerprint density at radius 1 is 1.14 bits per heavy atom. The number of anilines is 1. The summed E-state index contributed by atoms with van der Waals surface area (Å²) in [5, 5.41) is 3.19. The van der Waals surface area contributed by atoms with Gasteiger partial charge in [0.25, 0.3) is 5.91 Å². The Hall–Kier alpha value is -2.93. The second-order valence-corrected chi connectivity index (χ2v) is 6.43. The van der Waals surface area contributed by atoms with Gasteiger partial charge in [0.2, 0.25) is 5.91 Å². The van der Waals surface area contributed by atoms with Gasteiger partial charge in [-0.3, -0.25) is 9.59 Å². The normalized spacial score (nSPS) is 10.3. The number of hydrogen-bond acceptors (Lipinski definition) is 4. The zero-order valence-corrected chi connectivity index (χ0v) is 16.3. The van der Waals surface area contributed by atoms with E-state index in [1.807, 2.05) is 6.92 Å². The summed E-state index contributed by atoms with van der Waals surface area (Å²) >= 11 is 5.93. The van der Waals surface area contributed by atoms with E-state index in [2.05, 4.69) is 5.32 Å². The number of rotatable bonds is 7. The van der Waals surface area contributed by atoms with Gasteiger partial charge in [-0.2, -0.15) is 0 Å². The Balaban J connectivity index is 1.90. The number of hydrogen-bond donors (Lipinski definition) is 1. The number of aryl methyl sites for hydroxylation is 1. The first-order chi connectivity index (χ1) is 13.3. The summed E-state index contributed by atoms with van der Waals surface area (Å²) in [6.07, 6.45) is 0. The number of likely N-dealkylation sites (N-methyl/N-ethyl adjacent to an activating group) is 1. The molecule has 2 rings (SSSR count). The molecule has 0 aliphatic carbocycles. The minimum atomic E-state index is -0.747. The van der Waals surface area contributed by atoms with Crippen LogP contribution >= 0.6 is 11.6 Å². The number of nitrogens with zero attached hydrogens (tertiary/aromatic N) is 1. The molecule has 0 aliphatic heterocycles. The van der Waals surface area contributed by atoms with Crippen LogP contribution in [-0.2, 0) is 14.3 Å². The average Bonchev–Trinajstić information content (AvgIpc) is 2.67. The summed E-state index contributed by atoms with van der Waals surface area (Å²) in [6.45, 7) is 3.07. The number of ether oxygens (including phenoxy) is 1. The first-order valence-corrected chi connectivity index (χ1v) is 8.94. The van der Waals surface area contributed by atoms with Gasteiger partial charge in [0.1, 0.15) is 5.82 Å². The maximum atomic E-state index is 12.9. The topological polar surface area (TPSA) is 75.7 Å². The lowest BCUT2D eigenvalue weighted by molar-refractivity contribution is -0.137. The smallest absolute Gasteiger partial charge is 0.338 e. The van der Waals surface area contributed by atoms with Gasteiger partial charge in [0.05, 0.1) is 12.1 Å². The quantitative estimate of drug-likeness (QED) is 0.715. The van der Waals surface area contributed by atoms with Gasteiger partial charge in [-0.1, -0.05) is 17.7 Å². The molecule has 6 nitrogen and oxygen atoms in total. The van der Waals surface area contributed by atoms with Gasteiger partial charge in [0, 0.05) is 17.3 Å². The van der Waals surface area contributed by atoms with E-state index in [4.69, 9.17) is 16.3 Å². The van der Waals surface area contributed by atoms with Crippen molar-refractivity contribution in [1.82, 2.24) is 4.90 Å². The van der Waals surface area contributed by atoms with Gasteiger partial charge in [-0.15, -0.1) is 0 Å². The van der Waals surface area contributed by atoms with Crippen molar-refractivity contribution in [3.63, 3.8) is 0 Å². The molecule has 0 aliphatic rings. The summed E-state index contributed by atoms with van der Waals surface area (Å²) < 4.78 is 17.8. The van der Waals surface area contributed by atoms with Crippen LogP contribution in [0, 0.1) is 12.7 Å². The number of halogens is 2. The Morgan fingerprint density at radius 2 is 1.82 bits per heavy atom. The Kier molecular flexibility index (Phi) is 7.52. The highest BCUT2D eigenvalue weighted by molar-refractivity contribution is 6.31. The summed E-state index contributed by atoms with van der Waals surface area (Å²) in [5.74, 6) is -2.14. The number of amides is 2. The monoisotopic (exact) mass is 406 g/mol. The summed E-state index contributed by atoms with van der Waals surface area (Å²) in [5.41, 5.74) is 1.52. The SMILES string of the molecule is CCN(CC(=O)Nc1cc(Cl)ccc1C)C(=O)COC(=O)c1ccc(F)cc1. The van der Waals surface area contributed by atoms with Gasteiger partial charge < -0.3 is 15.0 Å². The van der Waals surface area contributed by atoms with E-state index in [0.29, 0.717) is 10.7 Å². The largest absolute Gasteiger partial charge is 0.452 e. The summed E-state index contributed by atoms with van der Waals surface area (Å²) in [6, 6.07) is 9.88. The molecule has 0 fully saturated rings. The van der Waals surface area contributed by atoms with Crippen molar-refractivity contribution in [3.8, 4) is 0 Å². The first kappa shape index (κ1) is 21.4. The molecule has 0 saturated heterocycles.